The van der Waals surface area contributed by atoms with E-state index in [1.807, 2.05) is 0 Å². The molecule has 1 aliphatic rings. The molecule has 3 aromatic rings. The molecular formula is C29H30F2N4O6S. The number of halogens is 2. The summed E-state index contributed by atoms with van der Waals surface area (Å²) in [4.78, 5) is 41.9. The highest BCUT2D eigenvalue weighted by Crippen LogP contribution is 2.21. The van der Waals surface area contributed by atoms with Gasteiger partial charge in [-0.25, -0.2) is 17.2 Å². The molecule has 0 spiro atoms. The smallest absolute Gasteiger partial charge is 0.249 e. The number of carbonyl (C=O) groups excluding carboxylic acids is 3. The third-order valence-electron chi connectivity index (χ3n) is 6.78. The van der Waals surface area contributed by atoms with Crippen LogP contribution >= 0.6 is 0 Å². The second-order valence-corrected chi connectivity index (χ2v) is 11.6. The van der Waals surface area contributed by atoms with Crippen molar-refractivity contribution in [2.24, 2.45) is 0 Å². The number of likely N-dealkylation sites (N-methyl/N-ethyl adjacent to an activating group) is 1. The van der Waals surface area contributed by atoms with Crippen molar-refractivity contribution < 1.29 is 36.3 Å². The number of rotatable bonds is 10. The molecule has 0 saturated carbocycles. The molecule has 3 amide bonds. The quantitative estimate of drug-likeness (QED) is 0.382. The Labute approximate surface area is 242 Å². The van der Waals surface area contributed by atoms with E-state index in [-0.39, 0.29) is 30.0 Å². The average molecular weight is 601 g/mol. The van der Waals surface area contributed by atoms with Crippen molar-refractivity contribution in [2.75, 3.05) is 45.2 Å². The van der Waals surface area contributed by atoms with Crippen molar-refractivity contribution in [3.8, 4) is 5.75 Å². The standard InChI is InChI=1S/C29H30F2N4O6S/c1-33(23-8-10-24(41-2)11-9-23)29(38)26(16-20-14-21(30)17-22(31)15-20)32-27(36)18-34-12-13-35(19-28(34)37)42(39,40)25-6-4-3-5-7-25/h3-11,14-15,17,26H,12-13,16,18-19H2,1-2H3,(H,32,36)/t26-/m0/s1. The van der Waals surface area contributed by atoms with Gasteiger partial charge in [-0.1, -0.05) is 18.2 Å². The lowest BCUT2D eigenvalue weighted by atomic mass is 10.0. The minimum absolute atomic E-state index is 0.0264. The number of nitrogens with zero attached hydrogens (tertiary/aromatic N) is 3. The van der Waals surface area contributed by atoms with E-state index < -0.39 is 58.5 Å². The lowest BCUT2D eigenvalue weighted by Crippen LogP contribution is -2.56. The first-order valence-electron chi connectivity index (χ1n) is 13.0. The number of methoxy groups -OCH3 is 1. The predicted molar refractivity (Wildman–Crippen MR) is 150 cm³/mol. The maximum Gasteiger partial charge on any atom is 0.249 e. The molecule has 0 aromatic heterocycles. The summed E-state index contributed by atoms with van der Waals surface area (Å²) in [7, 11) is -0.901. The third kappa shape index (κ3) is 7.28. The highest BCUT2D eigenvalue weighted by atomic mass is 32.2. The number of sulfonamides is 1. The number of hydrogen-bond acceptors (Lipinski definition) is 6. The number of amides is 3. The fourth-order valence-corrected chi connectivity index (χ4v) is 5.95. The Morgan fingerprint density at radius 3 is 2.24 bits per heavy atom. The molecule has 0 radical (unpaired) electrons. The summed E-state index contributed by atoms with van der Waals surface area (Å²) in [5, 5.41) is 2.59. The molecule has 1 aliphatic heterocycles. The lowest BCUT2D eigenvalue weighted by Gasteiger charge is -2.33. The van der Waals surface area contributed by atoms with E-state index >= 15 is 0 Å². The van der Waals surface area contributed by atoms with Crippen LogP contribution in [0.15, 0.2) is 77.7 Å². The Hall–Kier alpha value is -4.36. The molecule has 13 heteroatoms. The number of nitrogens with one attached hydrogen (secondary N) is 1. The molecule has 0 aliphatic carbocycles. The number of hydrogen-bond donors (Lipinski definition) is 1. The number of benzene rings is 3. The number of piperazine rings is 1. The van der Waals surface area contributed by atoms with E-state index in [0.717, 1.165) is 16.4 Å². The van der Waals surface area contributed by atoms with Crippen molar-refractivity contribution in [2.45, 2.75) is 17.4 Å². The molecule has 1 N–H and O–H groups in total. The normalized spacial score (nSPS) is 14.8. The molecule has 10 nitrogen and oxygen atoms in total. The summed E-state index contributed by atoms with van der Waals surface area (Å²) in [6, 6.07) is 15.9. The van der Waals surface area contributed by atoms with E-state index in [0.29, 0.717) is 17.5 Å². The highest BCUT2D eigenvalue weighted by Gasteiger charge is 2.34. The lowest BCUT2D eigenvalue weighted by molar-refractivity contribution is -0.139. The Kier molecular flexibility index (Phi) is 9.53. The first-order valence-corrected chi connectivity index (χ1v) is 14.4. The fourth-order valence-electron chi connectivity index (χ4n) is 4.55. The highest BCUT2D eigenvalue weighted by molar-refractivity contribution is 7.89. The molecule has 0 unspecified atom stereocenters. The van der Waals surface area contributed by atoms with E-state index in [4.69, 9.17) is 4.74 Å². The molecule has 4 rings (SSSR count). The Morgan fingerprint density at radius 1 is 1.00 bits per heavy atom. The molecule has 1 fully saturated rings. The SMILES string of the molecule is COc1ccc(N(C)C(=O)[C@H](Cc2cc(F)cc(F)c2)NC(=O)CN2CCN(S(=O)(=O)c3ccccc3)CC2=O)cc1. The zero-order valence-corrected chi connectivity index (χ0v) is 23.8. The molecule has 222 valence electrons. The van der Waals surface area contributed by atoms with Gasteiger partial charge in [0.05, 0.1) is 25.1 Å². The van der Waals surface area contributed by atoms with Crippen LogP contribution in [-0.4, -0.2) is 81.7 Å². The summed E-state index contributed by atoms with van der Waals surface area (Å²) in [6.07, 6.45) is -0.225. The third-order valence-corrected chi connectivity index (χ3v) is 8.64. The first-order chi connectivity index (χ1) is 20.0. The second kappa shape index (κ2) is 13.1. The van der Waals surface area contributed by atoms with Crippen LogP contribution in [0, 0.1) is 11.6 Å². The largest absolute Gasteiger partial charge is 0.497 e. The monoisotopic (exact) mass is 600 g/mol. The van der Waals surface area contributed by atoms with Crippen molar-refractivity contribution in [1.82, 2.24) is 14.5 Å². The zero-order valence-electron chi connectivity index (χ0n) is 23.0. The predicted octanol–water partition coefficient (Wildman–Crippen LogP) is 2.20. The summed E-state index contributed by atoms with van der Waals surface area (Å²) in [5.41, 5.74) is 0.626. The molecule has 3 aromatic carbocycles. The van der Waals surface area contributed by atoms with E-state index in [1.54, 1.807) is 42.5 Å². The van der Waals surface area contributed by atoms with Gasteiger partial charge in [-0.2, -0.15) is 4.31 Å². The Morgan fingerprint density at radius 2 is 1.64 bits per heavy atom. The fraction of sp³-hybridized carbons (Fsp3) is 0.276. The van der Waals surface area contributed by atoms with Crippen molar-refractivity contribution in [1.29, 1.82) is 0 Å². The van der Waals surface area contributed by atoms with E-state index in [2.05, 4.69) is 5.32 Å². The van der Waals surface area contributed by atoms with Gasteiger partial charge in [-0.3, -0.25) is 14.4 Å². The summed E-state index contributed by atoms with van der Waals surface area (Å²) in [6.45, 7) is -0.958. The molecule has 0 bridgehead atoms. The van der Waals surface area contributed by atoms with Crippen molar-refractivity contribution in [3.63, 3.8) is 0 Å². The minimum Gasteiger partial charge on any atom is -0.497 e. The van der Waals surface area contributed by atoms with E-state index in [9.17, 15) is 31.6 Å². The zero-order chi connectivity index (χ0) is 30.4. The van der Waals surface area contributed by atoms with Crippen LogP contribution in [0.4, 0.5) is 14.5 Å². The van der Waals surface area contributed by atoms with Gasteiger partial charge in [0.25, 0.3) is 0 Å². The van der Waals surface area contributed by atoms with Crippen LogP contribution in [0.1, 0.15) is 5.56 Å². The number of anilines is 1. The summed E-state index contributed by atoms with van der Waals surface area (Å²) in [5.74, 6) is -2.94. The van der Waals surface area contributed by atoms with Gasteiger partial charge in [-0.05, 0) is 54.1 Å². The molecular weight excluding hydrogens is 570 g/mol. The van der Waals surface area contributed by atoms with Gasteiger partial charge >= 0.3 is 0 Å². The molecule has 1 atom stereocenters. The van der Waals surface area contributed by atoms with Crippen LogP contribution in [0.25, 0.3) is 0 Å². The van der Waals surface area contributed by atoms with Crippen molar-refractivity contribution in [3.05, 3.63) is 90.0 Å². The van der Waals surface area contributed by atoms with Crippen LogP contribution in [0.2, 0.25) is 0 Å². The van der Waals surface area contributed by atoms with E-state index in [1.165, 1.54) is 36.1 Å². The van der Waals surface area contributed by atoms with Gasteiger partial charge in [0.2, 0.25) is 27.7 Å². The van der Waals surface area contributed by atoms with Gasteiger partial charge in [-0.15, -0.1) is 0 Å². The van der Waals surface area contributed by atoms with Gasteiger partial charge in [0.1, 0.15) is 23.4 Å². The molecule has 1 saturated heterocycles. The first kappa shape index (κ1) is 30.6. The number of ether oxygens (including phenoxy) is 1. The van der Waals surface area contributed by atoms with Crippen LogP contribution < -0.4 is 15.0 Å². The van der Waals surface area contributed by atoms with Gasteiger partial charge in [0.15, 0.2) is 0 Å². The Bertz CT molecular complexity index is 1530. The average Bonchev–Trinajstić information content (AvgIpc) is 2.97. The van der Waals surface area contributed by atoms with Crippen LogP contribution in [0.3, 0.4) is 0 Å². The summed E-state index contributed by atoms with van der Waals surface area (Å²) < 4.78 is 59.8. The minimum atomic E-state index is -3.89. The maximum atomic E-state index is 13.9. The maximum absolute atomic E-state index is 13.9. The Balaban J connectivity index is 1.46. The van der Waals surface area contributed by atoms with Crippen LogP contribution in [0.5, 0.6) is 5.75 Å². The van der Waals surface area contributed by atoms with Gasteiger partial charge in [0, 0.05) is 38.3 Å². The van der Waals surface area contributed by atoms with Crippen molar-refractivity contribution >= 4 is 33.4 Å². The summed E-state index contributed by atoms with van der Waals surface area (Å²) >= 11 is 0. The topological polar surface area (TPSA) is 116 Å². The molecule has 1 heterocycles. The van der Waals surface area contributed by atoms with Crippen LogP contribution in [-0.2, 0) is 30.8 Å². The second-order valence-electron chi connectivity index (χ2n) is 9.66. The molecule has 42 heavy (non-hydrogen) atoms. The van der Waals surface area contributed by atoms with Gasteiger partial charge < -0.3 is 19.9 Å². The number of carbonyl (C=O) groups is 3.